The van der Waals surface area contributed by atoms with Gasteiger partial charge in [-0.3, -0.25) is 4.57 Å². The second-order valence-electron chi connectivity index (χ2n) is 7.76. The van der Waals surface area contributed by atoms with Crippen LogP contribution in [0.2, 0.25) is 0 Å². The molecular weight excluding hydrogens is 262 g/mol. The van der Waals surface area contributed by atoms with Gasteiger partial charge in [-0.2, -0.15) is 0 Å². The summed E-state index contributed by atoms with van der Waals surface area (Å²) in [6.07, 6.45) is 2.52. The first-order valence-corrected chi connectivity index (χ1v) is 7.39. The summed E-state index contributed by atoms with van der Waals surface area (Å²) in [4.78, 5) is 12.4. The van der Waals surface area contributed by atoms with Crippen LogP contribution in [0.15, 0.2) is 30.5 Å². The van der Waals surface area contributed by atoms with Crippen molar-refractivity contribution in [2.24, 2.45) is 5.41 Å². The summed E-state index contributed by atoms with van der Waals surface area (Å²) in [7, 11) is 0. The van der Waals surface area contributed by atoms with Crippen LogP contribution in [0.25, 0.3) is 10.9 Å². The summed E-state index contributed by atoms with van der Waals surface area (Å²) in [6, 6.07) is 7.99. The molecule has 0 N–H and O–H groups in total. The summed E-state index contributed by atoms with van der Waals surface area (Å²) in [5.74, 6) is 0. The maximum absolute atomic E-state index is 12.4. The molecule has 0 saturated heterocycles. The molecule has 3 heteroatoms. The van der Waals surface area contributed by atoms with Gasteiger partial charge in [0.15, 0.2) is 0 Å². The van der Waals surface area contributed by atoms with Crippen LogP contribution in [0.1, 0.15) is 47.1 Å². The van der Waals surface area contributed by atoms with E-state index in [0.717, 1.165) is 17.3 Å². The van der Waals surface area contributed by atoms with Crippen LogP contribution in [0.3, 0.4) is 0 Å². The summed E-state index contributed by atoms with van der Waals surface area (Å²) < 4.78 is 7.13. The van der Waals surface area contributed by atoms with Gasteiger partial charge in [-0.25, -0.2) is 4.79 Å². The highest BCUT2D eigenvalue weighted by Crippen LogP contribution is 2.28. The van der Waals surface area contributed by atoms with E-state index in [0.29, 0.717) is 0 Å². The number of hydrogen-bond donors (Lipinski definition) is 0. The Bertz CT molecular complexity index is 654. The van der Waals surface area contributed by atoms with Crippen molar-refractivity contribution in [2.45, 2.75) is 53.6 Å². The predicted octanol–water partition coefficient (Wildman–Crippen LogP) is 5.01. The number of carbonyl (C=O) groups is 1. The minimum atomic E-state index is -0.493. The highest BCUT2D eigenvalue weighted by molar-refractivity contribution is 5.92. The number of fused-ring (bicyclic) bond motifs is 1. The average molecular weight is 287 g/mol. The molecule has 0 bridgehead atoms. The maximum Gasteiger partial charge on any atom is 0.419 e. The number of carbonyl (C=O) groups excluding carboxylic acids is 1. The van der Waals surface area contributed by atoms with Gasteiger partial charge in [0.05, 0.1) is 5.52 Å². The minimum absolute atomic E-state index is 0.170. The summed E-state index contributed by atoms with van der Waals surface area (Å²) >= 11 is 0. The zero-order valence-corrected chi connectivity index (χ0v) is 13.9. The van der Waals surface area contributed by atoms with E-state index in [2.05, 4.69) is 26.8 Å². The Labute approximate surface area is 126 Å². The van der Waals surface area contributed by atoms with Crippen molar-refractivity contribution in [1.29, 1.82) is 0 Å². The molecular formula is C18H25NO2. The van der Waals surface area contributed by atoms with Crippen LogP contribution < -0.4 is 0 Å². The molecule has 0 spiro atoms. The maximum atomic E-state index is 12.4. The molecule has 0 atom stereocenters. The summed E-state index contributed by atoms with van der Waals surface area (Å²) in [5, 5.41) is 1.12. The quantitative estimate of drug-likeness (QED) is 0.738. The lowest BCUT2D eigenvalue weighted by molar-refractivity contribution is 0.0544. The third kappa shape index (κ3) is 3.87. The molecule has 21 heavy (non-hydrogen) atoms. The topological polar surface area (TPSA) is 31.2 Å². The SMILES string of the molecule is CC(C)(C)Cc1cn(C(=O)OC(C)(C)C)c2ccccc12. The molecule has 0 amide bonds. The fourth-order valence-corrected chi connectivity index (χ4v) is 2.42. The number of nitrogens with zero attached hydrogens (tertiary/aromatic N) is 1. The second-order valence-corrected chi connectivity index (χ2v) is 7.76. The minimum Gasteiger partial charge on any atom is -0.443 e. The second kappa shape index (κ2) is 5.21. The Balaban J connectivity index is 2.48. The molecule has 114 valence electrons. The van der Waals surface area contributed by atoms with E-state index in [1.54, 1.807) is 4.57 Å². The average Bonchev–Trinajstić information content (AvgIpc) is 2.64. The molecule has 0 aliphatic rings. The third-order valence-corrected chi connectivity index (χ3v) is 3.11. The molecule has 3 nitrogen and oxygen atoms in total. The van der Waals surface area contributed by atoms with E-state index >= 15 is 0 Å². The Morgan fingerprint density at radius 2 is 1.71 bits per heavy atom. The van der Waals surface area contributed by atoms with E-state index in [1.807, 2.05) is 45.2 Å². The Morgan fingerprint density at radius 3 is 2.29 bits per heavy atom. The van der Waals surface area contributed by atoms with Crippen LogP contribution in [-0.2, 0) is 11.2 Å². The zero-order valence-electron chi connectivity index (χ0n) is 13.9. The lowest BCUT2D eigenvalue weighted by Crippen LogP contribution is -2.26. The van der Waals surface area contributed by atoms with Crippen LogP contribution in [0.4, 0.5) is 4.79 Å². The van der Waals surface area contributed by atoms with Gasteiger partial charge in [0, 0.05) is 11.6 Å². The first-order valence-electron chi connectivity index (χ1n) is 7.39. The Kier molecular flexibility index (Phi) is 3.87. The lowest BCUT2D eigenvalue weighted by Gasteiger charge is -2.20. The molecule has 1 aromatic carbocycles. The molecule has 0 unspecified atom stereocenters. The van der Waals surface area contributed by atoms with Crippen molar-refractivity contribution >= 4 is 17.0 Å². The number of ether oxygens (including phenoxy) is 1. The smallest absolute Gasteiger partial charge is 0.419 e. The van der Waals surface area contributed by atoms with E-state index in [9.17, 15) is 4.79 Å². The largest absolute Gasteiger partial charge is 0.443 e. The number of hydrogen-bond acceptors (Lipinski definition) is 2. The fraction of sp³-hybridized carbons (Fsp3) is 0.500. The Morgan fingerprint density at radius 1 is 1.10 bits per heavy atom. The van der Waals surface area contributed by atoms with E-state index in [-0.39, 0.29) is 11.5 Å². The highest BCUT2D eigenvalue weighted by Gasteiger charge is 2.22. The normalized spacial score (nSPS) is 12.7. The van der Waals surface area contributed by atoms with Crippen molar-refractivity contribution in [3.8, 4) is 0 Å². The van der Waals surface area contributed by atoms with Gasteiger partial charge in [-0.15, -0.1) is 0 Å². The van der Waals surface area contributed by atoms with Gasteiger partial charge in [0.1, 0.15) is 5.60 Å². The van der Waals surface area contributed by atoms with Crippen LogP contribution in [-0.4, -0.2) is 16.3 Å². The van der Waals surface area contributed by atoms with Crippen molar-refractivity contribution < 1.29 is 9.53 Å². The highest BCUT2D eigenvalue weighted by atomic mass is 16.6. The molecule has 0 radical (unpaired) electrons. The third-order valence-electron chi connectivity index (χ3n) is 3.11. The molecule has 2 rings (SSSR count). The number of aromatic nitrogens is 1. The number of rotatable bonds is 1. The zero-order chi connectivity index (χ0) is 15.8. The standard InChI is InChI=1S/C18H25NO2/c1-17(2,3)11-13-12-19(16(20)21-18(4,5)6)15-10-8-7-9-14(13)15/h7-10,12H,11H2,1-6H3. The first kappa shape index (κ1) is 15.6. The van der Waals surface area contributed by atoms with E-state index in [1.165, 1.54) is 5.56 Å². The molecule has 0 fully saturated rings. The van der Waals surface area contributed by atoms with Gasteiger partial charge in [0.25, 0.3) is 0 Å². The van der Waals surface area contributed by atoms with Crippen LogP contribution >= 0.6 is 0 Å². The van der Waals surface area contributed by atoms with Crippen molar-refractivity contribution in [3.05, 3.63) is 36.0 Å². The van der Waals surface area contributed by atoms with Gasteiger partial charge in [-0.05, 0) is 44.2 Å². The van der Waals surface area contributed by atoms with Gasteiger partial charge < -0.3 is 4.74 Å². The molecule has 0 aliphatic heterocycles. The lowest BCUT2D eigenvalue weighted by atomic mass is 9.88. The number of para-hydroxylation sites is 1. The van der Waals surface area contributed by atoms with Crippen molar-refractivity contribution in [2.75, 3.05) is 0 Å². The van der Waals surface area contributed by atoms with E-state index in [4.69, 9.17) is 4.74 Å². The summed E-state index contributed by atoms with van der Waals surface area (Å²) in [5.41, 5.74) is 1.77. The molecule has 2 aromatic rings. The monoisotopic (exact) mass is 287 g/mol. The summed E-state index contributed by atoms with van der Waals surface area (Å²) in [6.45, 7) is 12.2. The fourth-order valence-electron chi connectivity index (χ4n) is 2.42. The van der Waals surface area contributed by atoms with Crippen molar-refractivity contribution in [1.82, 2.24) is 4.57 Å². The molecule has 1 heterocycles. The Hall–Kier alpha value is -1.77. The number of benzene rings is 1. The molecule has 0 aliphatic carbocycles. The van der Waals surface area contributed by atoms with Crippen molar-refractivity contribution in [3.63, 3.8) is 0 Å². The van der Waals surface area contributed by atoms with Crippen LogP contribution in [0.5, 0.6) is 0 Å². The molecule has 1 aromatic heterocycles. The predicted molar refractivity (Wildman–Crippen MR) is 86.7 cm³/mol. The molecule has 0 saturated carbocycles. The van der Waals surface area contributed by atoms with Crippen LogP contribution in [0, 0.1) is 5.41 Å². The van der Waals surface area contributed by atoms with E-state index < -0.39 is 5.60 Å². The van der Waals surface area contributed by atoms with Gasteiger partial charge >= 0.3 is 6.09 Å². The first-order chi connectivity index (χ1) is 9.57. The van der Waals surface area contributed by atoms with Gasteiger partial charge in [0.2, 0.25) is 0 Å². The van der Waals surface area contributed by atoms with Gasteiger partial charge in [-0.1, -0.05) is 39.0 Å².